The molecular formula is C13H23ClN2OSi. The maximum absolute atomic E-state index is 6.31. The van der Waals surface area contributed by atoms with E-state index in [-0.39, 0.29) is 11.1 Å². The average molecular weight is 287 g/mol. The Morgan fingerprint density at radius 2 is 2.00 bits per heavy atom. The number of nitrogens with zero attached hydrogens (tertiary/aromatic N) is 1. The van der Waals surface area contributed by atoms with Gasteiger partial charge in [-0.25, -0.2) is 4.98 Å². The predicted molar refractivity (Wildman–Crippen MR) is 79.3 cm³/mol. The molecule has 0 aliphatic heterocycles. The van der Waals surface area contributed by atoms with Gasteiger partial charge in [0.2, 0.25) is 0 Å². The second-order valence-corrected chi connectivity index (χ2v) is 11.2. The van der Waals surface area contributed by atoms with E-state index in [0.717, 1.165) is 5.56 Å². The van der Waals surface area contributed by atoms with Crippen molar-refractivity contribution in [2.24, 2.45) is 5.73 Å². The van der Waals surface area contributed by atoms with Crippen LogP contribution in [-0.4, -0.2) is 19.8 Å². The number of hydrogen-bond acceptors (Lipinski definition) is 3. The first-order valence-electron chi connectivity index (χ1n) is 6.17. The molecule has 2 N–H and O–H groups in total. The van der Waals surface area contributed by atoms with Crippen LogP contribution in [0.1, 0.15) is 32.4 Å². The number of nitrogens with two attached hydrogens (primary N) is 1. The highest BCUT2D eigenvalue weighted by Gasteiger charge is 2.39. The fourth-order valence-corrected chi connectivity index (χ4v) is 2.77. The molecule has 0 aromatic carbocycles. The lowest BCUT2D eigenvalue weighted by Gasteiger charge is -2.39. The molecule has 1 rings (SSSR count). The van der Waals surface area contributed by atoms with E-state index in [1.54, 1.807) is 12.3 Å². The van der Waals surface area contributed by atoms with Crippen LogP contribution in [0.3, 0.4) is 0 Å². The highest BCUT2D eigenvalue weighted by Crippen LogP contribution is 2.39. The van der Waals surface area contributed by atoms with E-state index in [9.17, 15) is 0 Å². The molecule has 1 aromatic rings. The van der Waals surface area contributed by atoms with Gasteiger partial charge in [-0.15, -0.1) is 0 Å². The van der Waals surface area contributed by atoms with E-state index in [1.165, 1.54) is 0 Å². The third-order valence-corrected chi connectivity index (χ3v) is 8.29. The molecule has 102 valence electrons. The van der Waals surface area contributed by atoms with Gasteiger partial charge in [0.25, 0.3) is 0 Å². The lowest BCUT2D eigenvalue weighted by Crippen LogP contribution is -2.43. The summed E-state index contributed by atoms with van der Waals surface area (Å²) >= 11 is 5.79. The van der Waals surface area contributed by atoms with Crippen LogP contribution >= 0.6 is 11.6 Å². The second kappa shape index (κ2) is 5.69. The van der Waals surface area contributed by atoms with Crippen molar-refractivity contribution in [3.8, 4) is 0 Å². The Morgan fingerprint density at radius 3 is 2.39 bits per heavy atom. The first-order valence-corrected chi connectivity index (χ1v) is 9.45. The van der Waals surface area contributed by atoms with Gasteiger partial charge in [-0.1, -0.05) is 38.4 Å². The number of pyridine rings is 1. The Hall–Kier alpha value is -0.423. The Morgan fingerprint density at radius 1 is 1.39 bits per heavy atom. The van der Waals surface area contributed by atoms with E-state index in [1.807, 2.05) is 6.07 Å². The molecular weight excluding hydrogens is 264 g/mol. The zero-order valence-electron chi connectivity index (χ0n) is 11.8. The SMILES string of the molecule is CC(C)(C)[Si](C)(C)OC(CN)c1ccc(Cl)nc1. The van der Waals surface area contributed by atoms with Gasteiger partial charge in [0, 0.05) is 12.7 Å². The summed E-state index contributed by atoms with van der Waals surface area (Å²) in [5, 5.41) is 0.655. The number of halogens is 1. The highest BCUT2D eigenvalue weighted by atomic mass is 35.5. The molecule has 1 heterocycles. The molecule has 3 nitrogen and oxygen atoms in total. The molecule has 0 aliphatic rings. The first kappa shape index (κ1) is 15.6. The maximum Gasteiger partial charge on any atom is 0.192 e. The zero-order valence-corrected chi connectivity index (χ0v) is 13.6. The number of rotatable bonds is 4. The molecule has 1 unspecified atom stereocenters. The Kier molecular flexibility index (Phi) is 4.95. The minimum Gasteiger partial charge on any atom is -0.409 e. The van der Waals surface area contributed by atoms with E-state index in [4.69, 9.17) is 21.8 Å². The maximum atomic E-state index is 6.31. The smallest absolute Gasteiger partial charge is 0.192 e. The summed E-state index contributed by atoms with van der Waals surface area (Å²) in [6.45, 7) is 11.5. The van der Waals surface area contributed by atoms with Crippen molar-refractivity contribution in [2.45, 2.75) is 45.0 Å². The highest BCUT2D eigenvalue weighted by molar-refractivity contribution is 6.74. The topological polar surface area (TPSA) is 48.1 Å². The summed E-state index contributed by atoms with van der Waals surface area (Å²) in [6, 6.07) is 3.70. The molecule has 0 saturated carbocycles. The fourth-order valence-electron chi connectivity index (χ4n) is 1.36. The average Bonchev–Trinajstić information content (AvgIpc) is 2.25. The van der Waals surface area contributed by atoms with Gasteiger partial charge in [-0.3, -0.25) is 0 Å². The normalized spacial score (nSPS) is 14.6. The molecule has 0 amide bonds. The Bertz CT molecular complexity index is 387. The van der Waals surface area contributed by atoms with Crippen molar-refractivity contribution < 1.29 is 4.43 Å². The van der Waals surface area contributed by atoms with Crippen molar-refractivity contribution in [1.82, 2.24) is 4.98 Å². The second-order valence-electron chi connectivity index (χ2n) is 6.02. The summed E-state index contributed by atoms with van der Waals surface area (Å²) in [6.07, 6.45) is 1.64. The molecule has 0 saturated heterocycles. The van der Waals surface area contributed by atoms with Crippen molar-refractivity contribution in [1.29, 1.82) is 0 Å². The molecule has 0 fully saturated rings. The van der Waals surface area contributed by atoms with Gasteiger partial charge in [-0.05, 0) is 29.8 Å². The Labute approximate surface area is 116 Å². The molecule has 5 heteroatoms. The molecule has 0 radical (unpaired) electrons. The lowest BCUT2D eigenvalue weighted by atomic mass is 10.2. The molecule has 1 atom stereocenters. The van der Waals surface area contributed by atoms with Crippen molar-refractivity contribution >= 4 is 19.9 Å². The van der Waals surface area contributed by atoms with Crippen molar-refractivity contribution in [3.05, 3.63) is 29.0 Å². The van der Waals surface area contributed by atoms with Crippen LogP contribution in [0.2, 0.25) is 23.3 Å². The lowest BCUT2D eigenvalue weighted by molar-refractivity contribution is 0.191. The van der Waals surface area contributed by atoms with Gasteiger partial charge in [0.1, 0.15) is 5.15 Å². The molecule has 0 aliphatic carbocycles. The van der Waals surface area contributed by atoms with Crippen LogP contribution in [-0.2, 0) is 4.43 Å². The van der Waals surface area contributed by atoms with Crippen LogP contribution < -0.4 is 5.73 Å². The monoisotopic (exact) mass is 286 g/mol. The first-order chi connectivity index (χ1) is 8.17. The van der Waals surface area contributed by atoms with E-state index in [2.05, 4.69) is 38.8 Å². The van der Waals surface area contributed by atoms with E-state index >= 15 is 0 Å². The molecule has 18 heavy (non-hydrogen) atoms. The van der Waals surface area contributed by atoms with Crippen LogP contribution in [0.5, 0.6) is 0 Å². The summed E-state index contributed by atoms with van der Waals surface area (Å²) in [5.74, 6) is 0. The standard InChI is InChI=1S/C13H23ClN2OSi/c1-13(2,3)18(4,5)17-11(8-15)10-6-7-12(14)16-9-10/h6-7,9,11H,8,15H2,1-5H3. The van der Waals surface area contributed by atoms with Crippen molar-refractivity contribution in [2.75, 3.05) is 6.54 Å². The minimum atomic E-state index is -1.83. The van der Waals surface area contributed by atoms with Crippen LogP contribution in [0.4, 0.5) is 0 Å². The largest absolute Gasteiger partial charge is 0.409 e. The quantitative estimate of drug-likeness (QED) is 0.677. The van der Waals surface area contributed by atoms with Crippen LogP contribution in [0.15, 0.2) is 18.3 Å². The zero-order chi connectivity index (χ0) is 14.0. The third-order valence-electron chi connectivity index (χ3n) is 3.58. The van der Waals surface area contributed by atoms with Crippen molar-refractivity contribution in [3.63, 3.8) is 0 Å². The predicted octanol–water partition coefficient (Wildman–Crippen LogP) is 3.76. The molecule has 0 spiro atoms. The van der Waals surface area contributed by atoms with Crippen LogP contribution in [0, 0.1) is 0 Å². The minimum absolute atomic E-state index is 0.101. The summed E-state index contributed by atoms with van der Waals surface area (Å²) in [7, 11) is -1.83. The molecule has 1 aromatic heterocycles. The van der Waals surface area contributed by atoms with E-state index in [0.29, 0.717) is 11.7 Å². The van der Waals surface area contributed by atoms with Gasteiger partial charge in [0.05, 0.1) is 6.10 Å². The number of hydrogen-bond donors (Lipinski definition) is 1. The van der Waals surface area contributed by atoms with Gasteiger partial charge in [-0.2, -0.15) is 0 Å². The fraction of sp³-hybridized carbons (Fsp3) is 0.615. The van der Waals surface area contributed by atoms with Crippen LogP contribution in [0.25, 0.3) is 0 Å². The Balaban J connectivity index is 2.89. The van der Waals surface area contributed by atoms with Gasteiger partial charge < -0.3 is 10.2 Å². The molecule has 0 bridgehead atoms. The summed E-state index contributed by atoms with van der Waals surface area (Å²) in [4.78, 5) is 4.09. The van der Waals surface area contributed by atoms with Gasteiger partial charge >= 0.3 is 0 Å². The summed E-state index contributed by atoms with van der Waals surface area (Å²) < 4.78 is 6.31. The van der Waals surface area contributed by atoms with Gasteiger partial charge in [0.15, 0.2) is 8.32 Å². The van der Waals surface area contributed by atoms with E-state index < -0.39 is 8.32 Å². The number of aromatic nitrogens is 1. The summed E-state index contributed by atoms with van der Waals surface area (Å²) in [5.41, 5.74) is 6.82. The third kappa shape index (κ3) is 3.78.